The molecule has 0 saturated carbocycles. The lowest BCUT2D eigenvalue weighted by Crippen LogP contribution is -2.26. The molecule has 1 aromatic heterocycles. The van der Waals surface area contributed by atoms with Crippen molar-refractivity contribution in [2.75, 3.05) is 30.4 Å². The van der Waals surface area contributed by atoms with Crippen LogP contribution in [0.5, 0.6) is 0 Å². The summed E-state index contributed by atoms with van der Waals surface area (Å²) in [6.45, 7) is 1.47. The summed E-state index contributed by atoms with van der Waals surface area (Å²) in [4.78, 5) is 6.33. The van der Waals surface area contributed by atoms with Crippen molar-refractivity contribution in [3.05, 3.63) is 54.4 Å². The molecule has 0 aliphatic carbocycles. The first-order chi connectivity index (χ1) is 9.33. The second-order valence-corrected chi connectivity index (χ2v) is 4.31. The highest BCUT2D eigenvalue weighted by Gasteiger charge is 2.07. The lowest BCUT2D eigenvalue weighted by Gasteiger charge is -2.24. The first kappa shape index (κ1) is 13.4. The Morgan fingerprint density at radius 3 is 2.68 bits per heavy atom. The number of pyridine rings is 1. The molecule has 2 rings (SSSR count). The minimum atomic E-state index is 0.122. The summed E-state index contributed by atoms with van der Waals surface area (Å²) in [5, 5.41) is 12.3. The van der Waals surface area contributed by atoms with Crippen LogP contribution < -0.4 is 10.2 Å². The molecule has 4 nitrogen and oxygen atoms in total. The summed E-state index contributed by atoms with van der Waals surface area (Å²) in [6.07, 6.45) is 3.60. The van der Waals surface area contributed by atoms with E-state index in [1.54, 1.807) is 6.20 Å². The number of hydrogen-bond donors (Lipinski definition) is 2. The molecule has 0 aliphatic rings. The number of aliphatic hydroxyl groups is 1. The fourth-order valence-electron chi connectivity index (χ4n) is 1.96. The zero-order chi connectivity index (χ0) is 13.5. The van der Waals surface area contributed by atoms with Gasteiger partial charge in [-0.05, 0) is 11.6 Å². The van der Waals surface area contributed by atoms with E-state index in [0.29, 0.717) is 6.54 Å². The quantitative estimate of drug-likeness (QED) is 0.832. The molecule has 0 atom stereocenters. The topological polar surface area (TPSA) is 48.4 Å². The van der Waals surface area contributed by atoms with Gasteiger partial charge in [0.2, 0.25) is 0 Å². The van der Waals surface area contributed by atoms with Crippen LogP contribution in [0, 0.1) is 0 Å². The fourth-order valence-corrected chi connectivity index (χ4v) is 1.96. The number of nitrogens with zero attached hydrogens (tertiary/aromatic N) is 2. The first-order valence-electron chi connectivity index (χ1n) is 6.36. The van der Waals surface area contributed by atoms with Gasteiger partial charge in [0.05, 0.1) is 30.4 Å². The Morgan fingerprint density at radius 1 is 1.21 bits per heavy atom. The number of benzene rings is 1. The average Bonchev–Trinajstić information content (AvgIpc) is 2.48. The molecule has 0 spiro atoms. The van der Waals surface area contributed by atoms with Crippen molar-refractivity contribution in [2.24, 2.45) is 0 Å². The molecule has 2 N–H and O–H groups in total. The maximum Gasteiger partial charge on any atom is 0.0606 e. The number of anilines is 2. The molecular weight excluding hydrogens is 238 g/mol. The number of aliphatic hydroxyl groups excluding tert-OH is 1. The highest BCUT2D eigenvalue weighted by Crippen LogP contribution is 2.19. The van der Waals surface area contributed by atoms with Gasteiger partial charge in [0, 0.05) is 20.1 Å². The SMILES string of the molecule is CNc1cncc(N(CCO)Cc2ccccc2)c1. The van der Waals surface area contributed by atoms with E-state index >= 15 is 0 Å². The normalized spacial score (nSPS) is 10.2. The van der Waals surface area contributed by atoms with Crippen LogP contribution in [-0.4, -0.2) is 30.3 Å². The predicted octanol–water partition coefficient (Wildman–Crippen LogP) is 2.12. The van der Waals surface area contributed by atoms with Crippen molar-refractivity contribution in [1.29, 1.82) is 0 Å². The number of rotatable bonds is 6. The van der Waals surface area contributed by atoms with Crippen molar-refractivity contribution in [3.63, 3.8) is 0 Å². The molecule has 0 amide bonds. The summed E-state index contributed by atoms with van der Waals surface area (Å²) in [7, 11) is 1.87. The van der Waals surface area contributed by atoms with Crippen LogP contribution >= 0.6 is 0 Å². The van der Waals surface area contributed by atoms with Crippen molar-refractivity contribution in [1.82, 2.24) is 4.98 Å². The lowest BCUT2D eigenvalue weighted by atomic mass is 10.2. The highest BCUT2D eigenvalue weighted by atomic mass is 16.3. The van der Waals surface area contributed by atoms with Gasteiger partial charge in [-0.1, -0.05) is 30.3 Å². The summed E-state index contributed by atoms with van der Waals surface area (Å²) in [5.41, 5.74) is 3.18. The Morgan fingerprint density at radius 2 is 2.00 bits per heavy atom. The van der Waals surface area contributed by atoms with Crippen LogP contribution in [-0.2, 0) is 6.54 Å². The molecule has 0 aliphatic heterocycles. The van der Waals surface area contributed by atoms with Gasteiger partial charge < -0.3 is 15.3 Å². The third kappa shape index (κ3) is 3.69. The minimum absolute atomic E-state index is 0.122. The summed E-state index contributed by atoms with van der Waals surface area (Å²) in [6, 6.07) is 12.2. The second kappa shape index (κ2) is 6.75. The molecule has 0 fully saturated rings. The fraction of sp³-hybridized carbons (Fsp3) is 0.267. The average molecular weight is 257 g/mol. The maximum atomic E-state index is 9.22. The van der Waals surface area contributed by atoms with Crippen LogP contribution in [0.3, 0.4) is 0 Å². The van der Waals surface area contributed by atoms with E-state index in [9.17, 15) is 5.11 Å². The second-order valence-electron chi connectivity index (χ2n) is 4.31. The molecule has 0 bridgehead atoms. The van der Waals surface area contributed by atoms with E-state index in [1.165, 1.54) is 5.56 Å². The lowest BCUT2D eigenvalue weighted by molar-refractivity contribution is 0.301. The van der Waals surface area contributed by atoms with Gasteiger partial charge in [-0.25, -0.2) is 0 Å². The van der Waals surface area contributed by atoms with Crippen molar-refractivity contribution in [2.45, 2.75) is 6.54 Å². The summed E-state index contributed by atoms with van der Waals surface area (Å²) < 4.78 is 0. The molecular formula is C15H19N3O. The predicted molar refractivity (Wildman–Crippen MR) is 78.4 cm³/mol. The number of nitrogens with one attached hydrogen (secondary N) is 1. The Balaban J connectivity index is 2.19. The molecule has 4 heteroatoms. The molecule has 2 aromatic rings. The Labute approximate surface area is 113 Å². The van der Waals surface area contributed by atoms with E-state index in [-0.39, 0.29) is 6.61 Å². The van der Waals surface area contributed by atoms with Gasteiger partial charge in [-0.2, -0.15) is 0 Å². The molecule has 0 radical (unpaired) electrons. The first-order valence-corrected chi connectivity index (χ1v) is 6.36. The number of aromatic nitrogens is 1. The van der Waals surface area contributed by atoms with Crippen LogP contribution in [0.1, 0.15) is 5.56 Å². The van der Waals surface area contributed by atoms with E-state index in [1.807, 2.05) is 37.5 Å². The summed E-state index contributed by atoms with van der Waals surface area (Å²) in [5.74, 6) is 0. The molecule has 100 valence electrons. The van der Waals surface area contributed by atoms with Crippen molar-refractivity contribution in [3.8, 4) is 0 Å². The molecule has 0 saturated heterocycles. The Hall–Kier alpha value is -2.07. The Kier molecular flexibility index (Phi) is 4.75. The van der Waals surface area contributed by atoms with Gasteiger partial charge in [-0.15, -0.1) is 0 Å². The third-order valence-electron chi connectivity index (χ3n) is 2.96. The standard InChI is InChI=1S/C15H19N3O/c1-16-14-9-15(11-17-10-14)18(7-8-19)12-13-5-3-2-4-6-13/h2-6,9-11,16,19H,7-8,12H2,1H3. The molecule has 1 heterocycles. The van der Waals surface area contributed by atoms with Crippen molar-refractivity contribution < 1.29 is 5.11 Å². The summed E-state index contributed by atoms with van der Waals surface area (Å²) >= 11 is 0. The van der Waals surface area contributed by atoms with Gasteiger partial charge in [0.1, 0.15) is 0 Å². The zero-order valence-electron chi connectivity index (χ0n) is 11.1. The van der Waals surface area contributed by atoms with E-state index in [0.717, 1.165) is 17.9 Å². The van der Waals surface area contributed by atoms with Crippen LogP contribution in [0.2, 0.25) is 0 Å². The maximum absolute atomic E-state index is 9.22. The Bertz CT molecular complexity index is 502. The minimum Gasteiger partial charge on any atom is -0.395 e. The van der Waals surface area contributed by atoms with E-state index in [4.69, 9.17) is 0 Å². The number of hydrogen-bond acceptors (Lipinski definition) is 4. The monoisotopic (exact) mass is 257 g/mol. The third-order valence-corrected chi connectivity index (χ3v) is 2.96. The zero-order valence-corrected chi connectivity index (χ0v) is 11.1. The molecule has 0 unspecified atom stereocenters. The van der Waals surface area contributed by atoms with E-state index in [2.05, 4.69) is 27.3 Å². The van der Waals surface area contributed by atoms with Crippen molar-refractivity contribution >= 4 is 11.4 Å². The van der Waals surface area contributed by atoms with Gasteiger partial charge in [0.25, 0.3) is 0 Å². The van der Waals surface area contributed by atoms with Gasteiger partial charge in [0.15, 0.2) is 0 Å². The molecule has 19 heavy (non-hydrogen) atoms. The van der Waals surface area contributed by atoms with E-state index < -0.39 is 0 Å². The van der Waals surface area contributed by atoms with Gasteiger partial charge in [-0.3, -0.25) is 4.98 Å². The van der Waals surface area contributed by atoms with Gasteiger partial charge >= 0.3 is 0 Å². The smallest absolute Gasteiger partial charge is 0.0606 e. The van der Waals surface area contributed by atoms with Crippen LogP contribution in [0.4, 0.5) is 11.4 Å². The largest absolute Gasteiger partial charge is 0.395 e. The van der Waals surface area contributed by atoms with Crippen LogP contribution in [0.15, 0.2) is 48.8 Å². The highest BCUT2D eigenvalue weighted by molar-refractivity contribution is 5.55. The van der Waals surface area contributed by atoms with Crippen LogP contribution in [0.25, 0.3) is 0 Å². The molecule has 1 aromatic carbocycles.